The third-order valence-electron chi connectivity index (χ3n) is 2.34. The molecule has 0 N–H and O–H groups in total. The molecule has 88 valence electrons. The van der Waals surface area contributed by atoms with Gasteiger partial charge in [0.25, 0.3) is 0 Å². The van der Waals surface area contributed by atoms with E-state index < -0.39 is 5.92 Å². The molecule has 0 heterocycles. The number of benzene rings is 1. The molecule has 0 fully saturated rings. The number of carbonyl (C=O) groups is 1. The van der Waals surface area contributed by atoms with Crippen LogP contribution in [0.5, 0.6) is 0 Å². The average Bonchev–Trinajstić information content (AvgIpc) is 2.25. The van der Waals surface area contributed by atoms with Crippen molar-refractivity contribution in [3.63, 3.8) is 0 Å². The van der Waals surface area contributed by atoms with Gasteiger partial charge in [-0.15, -0.1) is 0 Å². The van der Waals surface area contributed by atoms with E-state index in [1.165, 1.54) is 0 Å². The molecule has 0 radical (unpaired) electrons. The molecule has 0 saturated heterocycles. The Morgan fingerprint density at radius 1 is 1.50 bits per heavy atom. The number of rotatable bonds is 4. The molecule has 0 aromatic heterocycles. The number of halogens is 2. The van der Waals surface area contributed by atoms with Gasteiger partial charge in [-0.1, -0.05) is 19.1 Å². The first-order valence-corrected chi connectivity index (χ1v) is 6.01. The zero-order valence-corrected chi connectivity index (χ0v) is 10.9. The molecule has 0 bridgehead atoms. The van der Waals surface area contributed by atoms with Gasteiger partial charge in [0.1, 0.15) is 5.82 Å². The smallest absolute Gasteiger partial charge is 0.313 e. The van der Waals surface area contributed by atoms with Crippen molar-refractivity contribution in [1.29, 1.82) is 0 Å². The van der Waals surface area contributed by atoms with Gasteiger partial charge >= 0.3 is 5.97 Å². The summed E-state index contributed by atoms with van der Waals surface area (Å²) in [6.45, 7) is 3.88. The molecule has 0 amide bonds. The van der Waals surface area contributed by atoms with Crippen molar-refractivity contribution in [2.75, 3.05) is 6.61 Å². The maximum Gasteiger partial charge on any atom is 0.313 e. The highest BCUT2D eigenvalue weighted by Gasteiger charge is 2.23. The summed E-state index contributed by atoms with van der Waals surface area (Å²) in [4.78, 5) is 11.6. The molecule has 0 aliphatic rings. The molecule has 1 aromatic carbocycles. The molecule has 4 heteroatoms. The first-order chi connectivity index (χ1) is 7.61. The monoisotopic (exact) mass is 288 g/mol. The molecule has 2 nitrogen and oxygen atoms in total. The second-order valence-corrected chi connectivity index (χ2v) is 4.21. The van der Waals surface area contributed by atoms with Gasteiger partial charge in [0.15, 0.2) is 0 Å². The van der Waals surface area contributed by atoms with Crippen molar-refractivity contribution >= 4 is 21.9 Å². The van der Waals surface area contributed by atoms with Crippen molar-refractivity contribution in [3.05, 3.63) is 34.1 Å². The van der Waals surface area contributed by atoms with E-state index in [4.69, 9.17) is 4.74 Å². The molecule has 0 spiro atoms. The van der Waals surface area contributed by atoms with Crippen LogP contribution in [-0.2, 0) is 9.53 Å². The lowest BCUT2D eigenvalue weighted by atomic mass is 9.96. The van der Waals surface area contributed by atoms with Gasteiger partial charge in [-0.25, -0.2) is 4.39 Å². The highest BCUT2D eigenvalue weighted by Crippen LogP contribution is 2.28. The standard InChI is InChI=1S/C12H14BrFO2/c1-3-8(12(15)16-4-2)9-6-5-7-10(13)11(9)14/h5-8H,3-4H2,1-2H3. The molecular formula is C12H14BrFO2. The number of esters is 1. The van der Waals surface area contributed by atoms with Gasteiger partial charge in [0.2, 0.25) is 0 Å². The van der Waals surface area contributed by atoms with E-state index in [9.17, 15) is 9.18 Å². The Kier molecular flexibility index (Phi) is 4.93. The summed E-state index contributed by atoms with van der Waals surface area (Å²) in [6.07, 6.45) is 0.520. The van der Waals surface area contributed by atoms with Crippen molar-refractivity contribution in [2.45, 2.75) is 26.2 Å². The van der Waals surface area contributed by atoms with Gasteiger partial charge in [0.05, 0.1) is 17.0 Å². The van der Waals surface area contributed by atoms with Gasteiger partial charge in [0, 0.05) is 5.56 Å². The Morgan fingerprint density at radius 3 is 2.75 bits per heavy atom. The first-order valence-electron chi connectivity index (χ1n) is 5.22. The fourth-order valence-corrected chi connectivity index (χ4v) is 1.93. The lowest BCUT2D eigenvalue weighted by Gasteiger charge is -2.15. The van der Waals surface area contributed by atoms with Crippen molar-refractivity contribution in [2.24, 2.45) is 0 Å². The number of carbonyl (C=O) groups excluding carboxylic acids is 1. The molecule has 0 aliphatic carbocycles. The highest BCUT2D eigenvalue weighted by molar-refractivity contribution is 9.10. The van der Waals surface area contributed by atoms with Crippen LogP contribution >= 0.6 is 15.9 Å². The Labute approximate surface area is 103 Å². The minimum Gasteiger partial charge on any atom is -0.466 e. The van der Waals surface area contributed by atoms with E-state index in [0.29, 0.717) is 23.1 Å². The molecular weight excluding hydrogens is 275 g/mol. The van der Waals surface area contributed by atoms with Gasteiger partial charge in [-0.3, -0.25) is 4.79 Å². The predicted molar refractivity (Wildman–Crippen MR) is 63.8 cm³/mol. The summed E-state index contributed by atoms with van der Waals surface area (Å²) in [5.74, 6) is -1.29. The van der Waals surface area contributed by atoms with Crippen LogP contribution in [0.2, 0.25) is 0 Å². The number of hydrogen-bond acceptors (Lipinski definition) is 2. The fraction of sp³-hybridized carbons (Fsp3) is 0.417. The quantitative estimate of drug-likeness (QED) is 0.791. The van der Waals surface area contributed by atoms with Crippen LogP contribution < -0.4 is 0 Å². The summed E-state index contributed by atoms with van der Waals surface area (Å²) in [7, 11) is 0. The van der Waals surface area contributed by atoms with Gasteiger partial charge < -0.3 is 4.74 Å². The van der Waals surface area contributed by atoms with Crippen molar-refractivity contribution in [3.8, 4) is 0 Å². The predicted octanol–water partition coefficient (Wildman–Crippen LogP) is 3.64. The van der Waals surface area contributed by atoms with Crippen LogP contribution in [0.1, 0.15) is 31.7 Å². The van der Waals surface area contributed by atoms with E-state index in [1.54, 1.807) is 25.1 Å². The fourth-order valence-electron chi connectivity index (χ4n) is 1.55. The summed E-state index contributed by atoms with van der Waals surface area (Å²) >= 11 is 3.10. The van der Waals surface area contributed by atoms with Crippen LogP contribution in [0, 0.1) is 5.82 Å². The topological polar surface area (TPSA) is 26.3 Å². The summed E-state index contributed by atoms with van der Waals surface area (Å²) in [5.41, 5.74) is 0.385. The van der Waals surface area contributed by atoms with Crippen molar-refractivity contribution < 1.29 is 13.9 Å². The molecule has 1 rings (SSSR count). The van der Waals surface area contributed by atoms with E-state index >= 15 is 0 Å². The molecule has 16 heavy (non-hydrogen) atoms. The minimum absolute atomic E-state index is 0.310. The first kappa shape index (κ1) is 13.2. The van der Waals surface area contributed by atoms with Crippen molar-refractivity contribution in [1.82, 2.24) is 0 Å². The van der Waals surface area contributed by atoms with E-state index in [2.05, 4.69) is 15.9 Å². The molecule has 1 unspecified atom stereocenters. The maximum absolute atomic E-state index is 13.8. The van der Waals surface area contributed by atoms with E-state index in [1.807, 2.05) is 6.92 Å². The number of hydrogen-bond donors (Lipinski definition) is 0. The lowest BCUT2D eigenvalue weighted by molar-refractivity contribution is -0.145. The Bertz CT molecular complexity index is 379. The maximum atomic E-state index is 13.8. The summed E-state index contributed by atoms with van der Waals surface area (Å²) in [6, 6.07) is 4.94. The minimum atomic E-state index is -0.530. The van der Waals surface area contributed by atoms with E-state index in [-0.39, 0.29) is 11.8 Å². The second-order valence-electron chi connectivity index (χ2n) is 3.36. The van der Waals surface area contributed by atoms with Crippen LogP contribution in [0.25, 0.3) is 0 Å². The van der Waals surface area contributed by atoms with Crippen LogP contribution in [-0.4, -0.2) is 12.6 Å². The third-order valence-corrected chi connectivity index (χ3v) is 2.95. The Hall–Kier alpha value is -0.900. The lowest BCUT2D eigenvalue weighted by Crippen LogP contribution is -2.16. The Morgan fingerprint density at radius 2 is 2.19 bits per heavy atom. The largest absolute Gasteiger partial charge is 0.466 e. The zero-order valence-electron chi connectivity index (χ0n) is 9.30. The van der Waals surface area contributed by atoms with Crippen LogP contribution in [0.15, 0.2) is 22.7 Å². The summed E-state index contributed by atoms with van der Waals surface area (Å²) < 4.78 is 19.1. The molecule has 0 saturated carbocycles. The third kappa shape index (κ3) is 2.82. The molecule has 1 atom stereocenters. The van der Waals surface area contributed by atoms with Gasteiger partial charge in [-0.05, 0) is 35.3 Å². The zero-order chi connectivity index (χ0) is 12.1. The highest BCUT2D eigenvalue weighted by atomic mass is 79.9. The molecule has 1 aromatic rings. The normalized spacial score (nSPS) is 12.2. The SMILES string of the molecule is CCOC(=O)C(CC)c1cccc(Br)c1F. The molecule has 0 aliphatic heterocycles. The second kappa shape index (κ2) is 5.99. The number of ether oxygens (including phenoxy) is 1. The van der Waals surface area contributed by atoms with E-state index in [0.717, 1.165) is 0 Å². The average molecular weight is 289 g/mol. The van der Waals surface area contributed by atoms with Crippen LogP contribution in [0.4, 0.5) is 4.39 Å². The Balaban J connectivity index is 3.04. The summed E-state index contributed by atoms with van der Waals surface area (Å²) in [5, 5.41) is 0. The van der Waals surface area contributed by atoms with Gasteiger partial charge in [-0.2, -0.15) is 0 Å². The van der Waals surface area contributed by atoms with Crippen LogP contribution in [0.3, 0.4) is 0 Å².